The third-order valence-corrected chi connectivity index (χ3v) is 6.26. The van der Waals surface area contributed by atoms with Crippen molar-refractivity contribution in [2.45, 2.75) is 9.79 Å². The van der Waals surface area contributed by atoms with Gasteiger partial charge in [0, 0.05) is 10.8 Å². The van der Waals surface area contributed by atoms with Crippen molar-refractivity contribution in [1.29, 1.82) is 0 Å². The van der Waals surface area contributed by atoms with E-state index in [2.05, 4.69) is 15.4 Å². The topological polar surface area (TPSA) is 151 Å². The first-order valence-electron chi connectivity index (χ1n) is 8.60. The van der Waals surface area contributed by atoms with Gasteiger partial charge in [0.25, 0.3) is 5.91 Å². The summed E-state index contributed by atoms with van der Waals surface area (Å²) < 4.78 is 27.5. The number of carboxylic acids is 1. The summed E-state index contributed by atoms with van der Waals surface area (Å²) in [7, 11) is -3.98. The van der Waals surface area contributed by atoms with Crippen molar-refractivity contribution in [1.82, 2.24) is 19.9 Å². The van der Waals surface area contributed by atoms with E-state index >= 15 is 0 Å². The van der Waals surface area contributed by atoms with Gasteiger partial charge in [-0.25, -0.2) is 17.9 Å². The van der Waals surface area contributed by atoms with Crippen LogP contribution in [0.2, 0.25) is 0 Å². The second-order valence-electron chi connectivity index (χ2n) is 6.26. The predicted octanol–water partition coefficient (Wildman–Crippen LogP) is 1.24. The number of carboxylic acid groups (broad SMARTS) is 1. The standard InChI is InChI=1S/C19H14N4O6S/c24-14(25)9-20-19(27)16-17(26)12-7-4-8-13(15(12)18-21-10-22-23(16)18)30(28,29)11-5-2-1-3-6-11/h1-8,10,26H,9H2,(H,20,27)(H,24,25). The highest BCUT2D eigenvalue weighted by atomic mass is 32.2. The zero-order chi connectivity index (χ0) is 21.5. The summed E-state index contributed by atoms with van der Waals surface area (Å²) in [5, 5.41) is 25.8. The number of hydrogen-bond donors (Lipinski definition) is 3. The summed E-state index contributed by atoms with van der Waals surface area (Å²) in [6, 6.07) is 12.0. The Morgan fingerprint density at radius 3 is 2.50 bits per heavy atom. The zero-order valence-corrected chi connectivity index (χ0v) is 16.0. The second kappa shape index (κ2) is 7.12. The van der Waals surface area contributed by atoms with E-state index in [1.165, 1.54) is 30.3 Å². The van der Waals surface area contributed by atoms with Crippen LogP contribution in [-0.4, -0.2) is 51.7 Å². The molecule has 30 heavy (non-hydrogen) atoms. The maximum atomic E-state index is 13.2. The van der Waals surface area contributed by atoms with E-state index in [1.54, 1.807) is 18.2 Å². The minimum absolute atomic E-state index is 0.0263. The van der Waals surface area contributed by atoms with Gasteiger partial charge in [-0.2, -0.15) is 5.10 Å². The highest BCUT2D eigenvalue weighted by molar-refractivity contribution is 7.91. The molecule has 0 atom stereocenters. The van der Waals surface area contributed by atoms with Crippen LogP contribution < -0.4 is 5.32 Å². The number of hydrogen-bond acceptors (Lipinski definition) is 7. The number of carbonyl (C=O) groups is 2. The molecule has 10 nitrogen and oxygen atoms in total. The fourth-order valence-corrected chi connectivity index (χ4v) is 4.65. The van der Waals surface area contributed by atoms with Crippen molar-refractivity contribution in [3.05, 3.63) is 60.6 Å². The maximum absolute atomic E-state index is 13.2. The molecule has 0 unspecified atom stereocenters. The Bertz CT molecular complexity index is 1410. The van der Waals surface area contributed by atoms with Crippen LogP contribution in [0.5, 0.6) is 5.75 Å². The first kappa shape index (κ1) is 19.3. The SMILES string of the molecule is O=C(O)CNC(=O)c1c(O)c2cccc(S(=O)(=O)c3ccccc3)c2c2ncnn12. The van der Waals surface area contributed by atoms with E-state index in [4.69, 9.17) is 5.11 Å². The van der Waals surface area contributed by atoms with Gasteiger partial charge >= 0.3 is 5.97 Å². The average molecular weight is 426 g/mol. The summed E-state index contributed by atoms with van der Waals surface area (Å²) in [4.78, 5) is 27.3. The Balaban J connectivity index is 2.03. The van der Waals surface area contributed by atoms with Crippen LogP contribution in [-0.2, 0) is 14.6 Å². The molecule has 0 aliphatic carbocycles. The third kappa shape index (κ3) is 3.01. The number of aromatic nitrogens is 3. The molecule has 0 bridgehead atoms. The van der Waals surface area contributed by atoms with Gasteiger partial charge in [-0.05, 0) is 18.2 Å². The number of carbonyl (C=O) groups excluding carboxylic acids is 1. The van der Waals surface area contributed by atoms with Gasteiger partial charge in [0.05, 0.1) is 9.79 Å². The first-order chi connectivity index (χ1) is 14.3. The Hall–Kier alpha value is -3.99. The minimum atomic E-state index is -3.98. The number of aliphatic carboxylic acids is 1. The summed E-state index contributed by atoms with van der Waals surface area (Å²) in [6.07, 6.45) is 1.11. The number of aromatic hydroxyl groups is 1. The van der Waals surface area contributed by atoms with Crippen LogP contribution in [0.15, 0.2) is 64.6 Å². The first-order valence-corrected chi connectivity index (χ1v) is 10.1. The largest absolute Gasteiger partial charge is 0.505 e. The number of nitrogens with zero attached hydrogens (tertiary/aromatic N) is 3. The van der Waals surface area contributed by atoms with Gasteiger partial charge in [-0.15, -0.1) is 0 Å². The molecular weight excluding hydrogens is 412 g/mol. The van der Waals surface area contributed by atoms with Gasteiger partial charge in [-0.3, -0.25) is 9.59 Å². The van der Waals surface area contributed by atoms with Crippen molar-refractivity contribution in [3.63, 3.8) is 0 Å². The number of rotatable bonds is 5. The second-order valence-corrected chi connectivity index (χ2v) is 8.18. The van der Waals surface area contributed by atoms with Crippen molar-refractivity contribution in [2.75, 3.05) is 6.54 Å². The van der Waals surface area contributed by atoms with Crippen LogP contribution in [0.4, 0.5) is 0 Å². The number of pyridine rings is 1. The van der Waals surface area contributed by atoms with Gasteiger partial charge in [0.1, 0.15) is 12.9 Å². The van der Waals surface area contributed by atoms with E-state index in [9.17, 15) is 23.1 Å². The molecule has 3 N–H and O–H groups in total. The summed E-state index contributed by atoms with van der Waals surface area (Å²) in [5.74, 6) is -2.71. The van der Waals surface area contributed by atoms with E-state index in [0.717, 1.165) is 10.8 Å². The molecule has 152 valence electrons. The summed E-state index contributed by atoms with van der Waals surface area (Å²) in [6.45, 7) is -0.672. The average Bonchev–Trinajstić information content (AvgIpc) is 3.22. The highest BCUT2D eigenvalue weighted by Gasteiger charge is 2.27. The molecule has 4 aromatic rings. The molecule has 0 aliphatic rings. The van der Waals surface area contributed by atoms with Gasteiger partial charge in [-0.1, -0.05) is 30.3 Å². The third-order valence-electron chi connectivity index (χ3n) is 4.45. The number of nitrogens with one attached hydrogen (secondary N) is 1. The summed E-state index contributed by atoms with van der Waals surface area (Å²) in [5.41, 5.74) is -0.330. The lowest BCUT2D eigenvalue weighted by Crippen LogP contribution is -2.31. The summed E-state index contributed by atoms with van der Waals surface area (Å²) >= 11 is 0. The van der Waals surface area contributed by atoms with E-state index in [-0.39, 0.29) is 31.9 Å². The normalized spacial score (nSPS) is 11.6. The van der Waals surface area contributed by atoms with E-state index in [1.807, 2.05) is 0 Å². The van der Waals surface area contributed by atoms with Crippen LogP contribution >= 0.6 is 0 Å². The van der Waals surface area contributed by atoms with E-state index in [0.29, 0.717) is 0 Å². The Kier molecular flexibility index (Phi) is 4.59. The molecule has 0 saturated carbocycles. The molecular formula is C19H14N4O6S. The maximum Gasteiger partial charge on any atom is 0.322 e. The van der Waals surface area contributed by atoms with Gasteiger partial charge < -0.3 is 15.5 Å². The lowest BCUT2D eigenvalue weighted by molar-refractivity contribution is -0.135. The zero-order valence-electron chi connectivity index (χ0n) is 15.2. The van der Waals surface area contributed by atoms with Crippen molar-refractivity contribution in [3.8, 4) is 5.75 Å². The molecule has 0 fully saturated rings. The van der Waals surface area contributed by atoms with Crippen molar-refractivity contribution < 1.29 is 28.2 Å². The lowest BCUT2D eigenvalue weighted by atomic mass is 10.1. The minimum Gasteiger partial charge on any atom is -0.505 e. The van der Waals surface area contributed by atoms with Gasteiger partial charge in [0.2, 0.25) is 9.84 Å². The predicted molar refractivity (Wildman–Crippen MR) is 104 cm³/mol. The van der Waals surface area contributed by atoms with Crippen LogP contribution in [0.1, 0.15) is 10.5 Å². The molecule has 0 aliphatic heterocycles. The van der Waals surface area contributed by atoms with Gasteiger partial charge in [0.15, 0.2) is 17.1 Å². The smallest absolute Gasteiger partial charge is 0.322 e. The molecule has 11 heteroatoms. The molecule has 0 saturated heterocycles. The molecule has 2 aromatic heterocycles. The Morgan fingerprint density at radius 2 is 1.80 bits per heavy atom. The quantitative estimate of drug-likeness (QED) is 0.431. The van der Waals surface area contributed by atoms with Crippen LogP contribution in [0.3, 0.4) is 0 Å². The molecule has 1 amide bonds. The highest BCUT2D eigenvalue weighted by Crippen LogP contribution is 2.36. The fourth-order valence-electron chi connectivity index (χ4n) is 3.16. The Morgan fingerprint density at radius 1 is 1.07 bits per heavy atom. The number of benzene rings is 2. The number of sulfone groups is 1. The number of amides is 1. The Labute approximate surface area is 169 Å². The molecule has 2 aromatic carbocycles. The molecule has 0 spiro atoms. The molecule has 0 radical (unpaired) electrons. The van der Waals surface area contributed by atoms with E-state index < -0.39 is 34.0 Å². The van der Waals surface area contributed by atoms with Crippen LogP contribution in [0.25, 0.3) is 16.4 Å². The van der Waals surface area contributed by atoms with Crippen molar-refractivity contribution >= 4 is 38.1 Å². The molecule has 2 heterocycles. The van der Waals surface area contributed by atoms with Crippen molar-refractivity contribution in [2.24, 2.45) is 0 Å². The molecule has 4 rings (SSSR count). The monoisotopic (exact) mass is 426 g/mol. The fraction of sp³-hybridized carbons (Fsp3) is 0.0526. The van der Waals surface area contributed by atoms with Crippen LogP contribution in [0, 0.1) is 0 Å². The lowest BCUT2D eigenvalue weighted by Gasteiger charge is -2.13. The number of fused-ring (bicyclic) bond motifs is 3.